The average molecular weight is 295 g/mol. The molecule has 0 radical (unpaired) electrons. The number of nitrogens with one attached hydrogen (secondary N) is 2. The summed E-state index contributed by atoms with van der Waals surface area (Å²) in [5.74, 6) is -0.240. The molecule has 0 saturated carbocycles. The van der Waals surface area contributed by atoms with E-state index in [2.05, 4.69) is 31.4 Å². The van der Waals surface area contributed by atoms with Gasteiger partial charge < -0.3 is 10.2 Å². The van der Waals surface area contributed by atoms with Gasteiger partial charge in [0.05, 0.1) is 0 Å². The van der Waals surface area contributed by atoms with Crippen LogP contribution in [-0.2, 0) is 9.59 Å². The van der Waals surface area contributed by atoms with Crippen molar-refractivity contribution in [3.05, 3.63) is 0 Å². The maximum Gasteiger partial charge on any atom is 0.322 e. The highest BCUT2D eigenvalue weighted by molar-refractivity contribution is 6.04. The van der Waals surface area contributed by atoms with Gasteiger partial charge in [-0.3, -0.25) is 14.9 Å². The third-order valence-corrected chi connectivity index (χ3v) is 4.05. The van der Waals surface area contributed by atoms with Gasteiger partial charge in [0.2, 0.25) is 5.91 Å². The Bertz CT molecular complexity index is 442. The van der Waals surface area contributed by atoms with E-state index in [0.29, 0.717) is 18.9 Å². The van der Waals surface area contributed by atoms with Crippen LogP contribution >= 0.6 is 0 Å². The Morgan fingerprint density at radius 2 is 2.05 bits per heavy atom. The Kier molecular flexibility index (Phi) is 4.54. The van der Waals surface area contributed by atoms with Crippen LogP contribution in [0.3, 0.4) is 0 Å². The van der Waals surface area contributed by atoms with Gasteiger partial charge in [0, 0.05) is 19.0 Å². The summed E-state index contributed by atoms with van der Waals surface area (Å²) in [6.07, 6.45) is 3.78. The molecule has 2 aliphatic heterocycles. The maximum absolute atomic E-state index is 12.4. The molecule has 0 aliphatic carbocycles. The number of likely N-dealkylation sites (tertiary alicyclic amines) is 1. The minimum absolute atomic E-state index is 0.0932. The Balaban J connectivity index is 1.85. The van der Waals surface area contributed by atoms with Crippen molar-refractivity contribution in [2.45, 2.75) is 65.0 Å². The molecule has 0 bridgehead atoms. The van der Waals surface area contributed by atoms with E-state index in [4.69, 9.17) is 0 Å². The lowest BCUT2D eigenvalue weighted by Crippen LogP contribution is -2.39. The molecule has 0 aromatic carbocycles. The minimum atomic E-state index is -0.565. The lowest BCUT2D eigenvalue weighted by atomic mass is 9.87. The molecule has 2 N–H and O–H groups in total. The van der Waals surface area contributed by atoms with Crippen molar-refractivity contribution in [1.82, 2.24) is 15.5 Å². The lowest BCUT2D eigenvalue weighted by Gasteiger charge is -2.30. The Hall–Kier alpha value is -1.59. The van der Waals surface area contributed by atoms with E-state index in [0.717, 1.165) is 25.8 Å². The SMILES string of the molecule is CC(C)(C)C[C@@H]1CCCN1C(=O)CC[C@@H]1NC(=O)NC1=O. The summed E-state index contributed by atoms with van der Waals surface area (Å²) in [4.78, 5) is 36.8. The van der Waals surface area contributed by atoms with Crippen molar-refractivity contribution >= 4 is 17.8 Å². The van der Waals surface area contributed by atoms with Gasteiger partial charge in [0.25, 0.3) is 5.91 Å². The summed E-state index contributed by atoms with van der Waals surface area (Å²) in [6.45, 7) is 7.37. The summed E-state index contributed by atoms with van der Waals surface area (Å²) in [5.41, 5.74) is 0.201. The van der Waals surface area contributed by atoms with Crippen LogP contribution in [-0.4, -0.2) is 41.4 Å². The summed E-state index contributed by atoms with van der Waals surface area (Å²) in [5, 5.41) is 4.71. The van der Waals surface area contributed by atoms with Crippen molar-refractivity contribution in [2.75, 3.05) is 6.54 Å². The molecule has 21 heavy (non-hydrogen) atoms. The molecule has 0 aromatic heterocycles. The molecule has 6 heteroatoms. The predicted molar refractivity (Wildman–Crippen MR) is 78.5 cm³/mol. The molecule has 2 saturated heterocycles. The number of amides is 4. The highest BCUT2D eigenvalue weighted by atomic mass is 16.2. The molecule has 2 heterocycles. The van der Waals surface area contributed by atoms with Crippen LogP contribution in [0.2, 0.25) is 0 Å². The molecule has 0 spiro atoms. The molecular formula is C15H25N3O3. The smallest absolute Gasteiger partial charge is 0.322 e. The first-order valence-electron chi connectivity index (χ1n) is 7.67. The van der Waals surface area contributed by atoms with Crippen molar-refractivity contribution in [3.8, 4) is 0 Å². The van der Waals surface area contributed by atoms with Gasteiger partial charge in [0.1, 0.15) is 6.04 Å². The number of hydrogen-bond donors (Lipinski definition) is 2. The number of imide groups is 1. The average Bonchev–Trinajstić information content (AvgIpc) is 2.91. The number of rotatable bonds is 4. The third-order valence-electron chi connectivity index (χ3n) is 4.05. The first-order chi connectivity index (χ1) is 9.76. The fourth-order valence-corrected chi connectivity index (χ4v) is 3.16. The van der Waals surface area contributed by atoms with Crippen LogP contribution in [0.25, 0.3) is 0 Å². The molecule has 118 valence electrons. The summed E-state index contributed by atoms with van der Waals surface area (Å²) in [6, 6.07) is -0.723. The molecule has 0 unspecified atom stereocenters. The Morgan fingerprint density at radius 3 is 2.62 bits per heavy atom. The van der Waals surface area contributed by atoms with Crippen LogP contribution in [0.4, 0.5) is 4.79 Å². The predicted octanol–water partition coefficient (Wildman–Crippen LogP) is 1.40. The highest BCUT2D eigenvalue weighted by Crippen LogP contribution is 2.30. The van der Waals surface area contributed by atoms with Gasteiger partial charge in [-0.2, -0.15) is 0 Å². The molecule has 2 atom stereocenters. The van der Waals surface area contributed by atoms with Gasteiger partial charge in [-0.05, 0) is 31.1 Å². The van der Waals surface area contributed by atoms with Gasteiger partial charge in [0.15, 0.2) is 0 Å². The summed E-state index contributed by atoms with van der Waals surface area (Å²) >= 11 is 0. The quantitative estimate of drug-likeness (QED) is 0.770. The molecule has 2 rings (SSSR count). The van der Waals surface area contributed by atoms with Crippen molar-refractivity contribution < 1.29 is 14.4 Å². The Labute approximate surface area is 125 Å². The van der Waals surface area contributed by atoms with Gasteiger partial charge in [-0.15, -0.1) is 0 Å². The van der Waals surface area contributed by atoms with Crippen LogP contribution in [0.1, 0.15) is 52.9 Å². The molecule has 6 nitrogen and oxygen atoms in total. The number of carbonyl (C=O) groups is 3. The van der Waals surface area contributed by atoms with E-state index in [-0.39, 0.29) is 17.2 Å². The summed E-state index contributed by atoms with van der Waals surface area (Å²) < 4.78 is 0. The number of carbonyl (C=O) groups excluding carboxylic acids is 3. The zero-order valence-electron chi connectivity index (χ0n) is 13.1. The summed E-state index contributed by atoms with van der Waals surface area (Å²) in [7, 11) is 0. The Morgan fingerprint density at radius 1 is 1.33 bits per heavy atom. The van der Waals surface area contributed by atoms with E-state index >= 15 is 0 Å². The van der Waals surface area contributed by atoms with E-state index < -0.39 is 12.1 Å². The first-order valence-corrected chi connectivity index (χ1v) is 7.67. The monoisotopic (exact) mass is 295 g/mol. The number of nitrogens with zero attached hydrogens (tertiary/aromatic N) is 1. The zero-order valence-corrected chi connectivity index (χ0v) is 13.1. The van der Waals surface area contributed by atoms with E-state index in [1.807, 2.05) is 4.90 Å². The first kappa shape index (κ1) is 15.8. The second kappa shape index (κ2) is 6.03. The van der Waals surface area contributed by atoms with Gasteiger partial charge in [-0.1, -0.05) is 20.8 Å². The largest absolute Gasteiger partial charge is 0.340 e. The molecule has 2 fully saturated rings. The van der Waals surface area contributed by atoms with Gasteiger partial charge in [-0.25, -0.2) is 4.79 Å². The number of urea groups is 1. The van der Waals surface area contributed by atoms with Crippen molar-refractivity contribution in [2.24, 2.45) is 5.41 Å². The lowest BCUT2D eigenvalue weighted by molar-refractivity contribution is -0.132. The number of hydrogen-bond acceptors (Lipinski definition) is 3. The molecule has 2 aliphatic rings. The second-order valence-electron chi connectivity index (χ2n) is 7.20. The second-order valence-corrected chi connectivity index (χ2v) is 7.20. The van der Waals surface area contributed by atoms with Crippen LogP contribution < -0.4 is 10.6 Å². The van der Waals surface area contributed by atoms with E-state index in [9.17, 15) is 14.4 Å². The maximum atomic E-state index is 12.4. The molecule has 4 amide bonds. The van der Waals surface area contributed by atoms with Crippen molar-refractivity contribution in [3.63, 3.8) is 0 Å². The standard InChI is InChI=1S/C15H25N3O3/c1-15(2,3)9-10-5-4-8-18(10)12(19)7-6-11-13(20)17-14(21)16-11/h10-11H,4-9H2,1-3H3,(H2,16,17,20,21)/t10-,11-/m0/s1. The zero-order chi connectivity index (χ0) is 15.6. The van der Waals surface area contributed by atoms with Crippen molar-refractivity contribution in [1.29, 1.82) is 0 Å². The van der Waals surface area contributed by atoms with Crippen LogP contribution in [0, 0.1) is 5.41 Å². The third kappa shape index (κ3) is 4.19. The normalized spacial score (nSPS) is 26.0. The van der Waals surface area contributed by atoms with Gasteiger partial charge >= 0.3 is 6.03 Å². The van der Waals surface area contributed by atoms with Crippen LogP contribution in [0.5, 0.6) is 0 Å². The van der Waals surface area contributed by atoms with E-state index in [1.54, 1.807) is 0 Å². The fourth-order valence-electron chi connectivity index (χ4n) is 3.16. The topological polar surface area (TPSA) is 78.5 Å². The fraction of sp³-hybridized carbons (Fsp3) is 0.800. The van der Waals surface area contributed by atoms with Crippen LogP contribution in [0.15, 0.2) is 0 Å². The molecule has 0 aromatic rings. The molecular weight excluding hydrogens is 270 g/mol. The van der Waals surface area contributed by atoms with E-state index in [1.165, 1.54) is 0 Å². The minimum Gasteiger partial charge on any atom is -0.340 e. The highest BCUT2D eigenvalue weighted by Gasteiger charge is 2.34.